The van der Waals surface area contributed by atoms with Crippen molar-refractivity contribution in [3.8, 4) is 0 Å². The molecule has 1 fully saturated rings. The van der Waals surface area contributed by atoms with Crippen molar-refractivity contribution in [3.63, 3.8) is 0 Å². The van der Waals surface area contributed by atoms with Crippen LogP contribution in [0.25, 0.3) is 0 Å². The number of hydrogen-bond donors (Lipinski definition) is 2. The molecule has 7 heteroatoms. The van der Waals surface area contributed by atoms with Crippen LogP contribution in [0, 0.1) is 6.92 Å². The van der Waals surface area contributed by atoms with Crippen molar-refractivity contribution in [2.24, 2.45) is 5.73 Å². The molecule has 106 valence electrons. The van der Waals surface area contributed by atoms with E-state index in [1.807, 2.05) is 6.07 Å². The summed E-state index contributed by atoms with van der Waals surface area (Å²) in [5.74, 6) is 1.86. The maximum Gasteiger partial charge on any atom is 0.241 e. The molecule has 3 N–H and O–H groups in total. The molecular weight excluding hydrogens is 348 g/mol. The summed E-state index contributed by atoms with van der Waals surface area (Å²) in [7, 11) is -3.48. The Bertz CT molecular complexity index is 569. The zero-order valence-corrected chi connectivity index (χ0v) is 13.9. The van der Waals surface area contributed by atoms with Crippen LogP contribution in [-0.2, 0) is 16.6 Å². The van der Waals surface area contributed by atoms with E-state index in [2.05, 4.69) is 20.7 Å². The van der Waals surface area contributed by atoms with E-state index in [1.54, 1.807) is 24.8 Å². The lowest BCUT2D eigenvalue weighted by Crippen LogP contribution is -2.35. The third-order valence-electron chi connectivity index (χ3n) is 3.13. The van der Waals surface area contributed by atoms with Crippen LogP contribution in [0.15, 0.2) is 21.5 Å². The van der Waals surface area contributed by atoms with Gasteiger partial charge in [-0.25, -0.2) is 13.1 Å². The van der Waals surface area contributed by atoms with E-state index in [1.165, 1.54) is 0 Å². The summed E-state index contributed by atoms with van der Waals surface area (Å²) in [5.41, 5.74) is 7.13. The summed E-state index contributed by atoms with van der Waals surface area (Å²) < 4.78 is 28.4. The molecule has 1 atom stereocenters. The Morgan fingerprint density at radius 1 is 1.53 bits per heavy atom. The Morgan fingerprint density at radius 3 is 2.84 bits per heavy atom. The summed E-state index contributed by atoms with van der Waals surface area (Å²) in [6.45, 7) is 2.11. The molecule has 19 heavy (non-hydrogen) atoms. The van der Waals surface area contributed by atoms with Crippen molar-refractivity contribution < 1.29 is 8.42 Å². The number of nitrogens with two attached hydrogens (primary N) is 1. The molecule has 1 saturated heterocycles. The third kappa shape index (κ3) is 3.52. The number of thioether (sulfide) groups is 1. The fourth-order valence-electron chi connectivity index (χ4n) is 2.01. The van der Waals surface area contributed by atoms with Gasteiger partial charge < -0.3 is 5.73 Å². The fraction of sp³-hybridized carbons (Fsp3) is 0.500. The van der Waals surface area contributed by atoms with Gasteiger partial charge in [-0.3, -0.25) is 0 Å². The van der Waals surface area contributed by atoms with Gasteiger partial charge in [0.2, 0.25) is 10.0 Å². The van der Waals surface area contributed by atoms with E-state index < -0.39 is 10.0 Å². The third-order valence-corrected chi connectivity index (χ3v) is 6.77. The molecule has 0 saturated carbocycles. The minimum absolute atomic E-state index is 0.0368. The van der Waals surface area contributed by atoms with Gasteiger partial charge in [0.1, 0.15) is 0 Å². The standard InChI is InChI=1S/C12H17BrN2O2S2/c1-8-11(13)4-9(6-14)5-12(8)19(16,17)15-10-2-3-18-7-10/h4-5,10,15H,2-3,6-7,14H2,1H3. The molecule has 0 aliphatic carbocycles. The lowest BCUT2D eigenvalue weighted by molar-refractivity contribution is 0.562. The van der Waals surface area contributed by atoms with Crippen molar-refractivity contribution in [3.05, 3.63) is 27.7 Å². The molecule has 1 aromatic rings. The van der Waals surface area contributed by atoms with Crippen molar-refractivity contribution in [1.82, 2.24) is 4.72 Å². The maximum atomic E-state index is 12.4. The number of hydrogen-bond acceptors (Lipinski definition) is 4. The summed E-state index contributed by atoms with van der Waals surface area (Å²) >= 11 is 5.17. The quantitative estimate of drug-likeness (QED) is 0.856. The molecule has 1 aromatic carbocycles. The Balaban J connectivity index is 2.36. The van der Waals surface area contributed by atoms with Gasteiger partial charge in [-0.15, -0.1) is 0 Å². The first kappa shape index (κ1) is 15.3. The number of rotatable bonds is 4. The molecule has 0 radical (unpaired) electrons. The molecule has 1 aliphatic rings. The van der Waals surface area contributed by atoms with Crippen LogP contribution >= 0.6 is 27.7 Å². The largest absolute Gasteiger partial charge is 0.326 e. The average Bonchev–Trinajstić information content (AvgIpc) is 2.84. The molecule has 0 spiro atoms. The van der Waals surface area contributed by atoms with Gasteiger partial charge in [-0.2, -0.15) is 11.8 Å². The van der Waals surface area contributed by atoms with Crippen LogP contribution in [0.2, 0.25) is 0 Å². The first-order chi connectivity index (χ1) is 8.94. The predicted molar refractivity (Wildman–Crippen MR) is 82.8 cm³/mol. The number of sulfonamides is 1. The van der Waals surface area contributed by atoms with Crippen molar-refractivity contribution in [2.75, 3.05) is 11.5 Å². The first-order valence-corrected chi connectivity index (χ1v) is 9.46. The second kappa shape index (κ2) is 6.13. The lowest BCUT2D eigenvalue weighted by atomic mass is 10.1. The SMILES string of the molecule is Cc1c(Br)cc(CN)cc1S(=O)(=O)NC1CCSC1. The van der Waals surface area contributed by atoms with Crippen LogP contribution in [0.5, 0.6) is 0 Å². The van der Waals surface area contributed by atoms with Gasteiger partial charge in [-0.1, -0.05) is 15.9 Å². The van der Waals surface area contributed by atoms with Gasteiger partial charge >= 0.3 is 0 Å². The minimum Gasteiger partial charge on any atom is -0.326 e. The molecule has 0 bridgehead atoms. The van der Waals surface area contributed by atoms with Gasteiger partial charge in [0.25, 0.3) is 0 Å². The second-order valence-corrected chi connectivity index (χ2v) is 8.27. The van der Waals surface area contributed by atoms with E-state index >= 15 is 0 Å². The zero-order chi connectivity index (χ0) is 14.0. The minimum atomic E-state index is -3.48. The Hall–Kier alpha value is -0.0800. The van der Waals surface area contributed by atoms with E-state index in [0.717, 1.165) is 33.5 Å². The smallest absolute Gasteiger partial charge is 0.241 e. The highest BCUT2D eigenvalue weighted by Crippen LogP contribution is 2.27. The van der Waals surface area contributed by atoms with Crippen molar-refractivity contribution >= 4 is 37.7 Å². The van der Waals surface area contributed by atoms with Crippen LogP contribution < -0.4 is 10.5 Å². The van der Waals surface area contributed by atoms with E-state index in [0.29, 0.717) is 11.4 Å². The van der Waals surface area contributed by atoms with Gasteiger partial charge in [0.15, 0.2) is 0 Å². The van der Waals surface area contributed by atoms with Crippen molar-refractivity contribution in [2.45, 2.75) is 30.8 Å². The summed E-state index contributed by atoms with van der Waals surface area (Å²) in [4.78, 5) is 0.319. The zero-order valence-electron chi connectivity index (χ0n) is 10.6. The van der Waals surface area contributed by atoms with Crippen LogP contribution in [0.3, 0.4) is 0 Å². The van der Waals surface area contributed by atoms with Gasteiger partial charge in [-0.05, 0) is 42.4 Å². The lowest BCUT2D eigenvalue weighted by Gasteiger charge is -2.15. The molecule has 0 amide bonds. The number of halogens is 1. The van der Waals surface area contributed by atoms with Gasteiger partial charge in [0.05, 0.1) is 4.90 Å². The highest BCUT2D eigenvalue weighted by molar-refractivity contribution is 9.10. The number of nitrogens with one attached hydrogen (secondary N) is 1. The van der Waals surface area contributed by atoms with Crippen molar-refractivity contribution in [1.29, 1.82) is 0 Å². The van der Waals surface area contributed by atoms with E-state index in [9.17, 15) is 8.42 Å². The maximum absolute atomic E-state index is 12.4. The summed E-state index contributed by atoms with van der Waals surface area (Å²) in [5, 5.41) is 0. The molecular formula is C12H17BrN2O2S2. The summed E-state index contributed by atoms with van der Waals surface area (Å²) in [6.07, 6.45) is 0.890. The van der Waals surface area contributed by atoms with Crippen LogP contribution in [0.4, 0.5) is 0 Å². The molecule has 0 aromatic heterocycles. The van der Waals surface area contributed by atoms with Crippen LogP contribution in [-0.4, -0.2) is 26.0 Å². The van der Waals surface area contributed by atoms with E-state index in [-0.39, 0.29) is 6.04 Å². The fourth-order valence-corrected chi connectivity index (χ4v) is 5.50. The highest BCUT2D eigenvalue weighted by Gasteiger charge is 2.25. The Labute approximate surface area is 126 Å². The topological polar surface area (TPSA) is 72.2 Å². The molecule has 1 heterocycles. The molecule has 1 unspecified atom stereocenters. The Kier molecular flexibility index (Phi) is 4.94. The average molecular weight is 365 g/mol. The highest BCUT2D eigenvalue weighted by atomic mass is 79.9. The van der Waals surface area contributed by atoms with E-state index in [4.69, 9.17) is 5.73 Å². The number of benzene rings is 1. The van der Waals surface area contributed by atoms with Gasteiger partial charge in [0, 0.05) is 22.8 Å². The first-order valence-electron chi connectivity index (χ1n) is 6.03. The molecule has 2 rings (SSSR count). The predicted octanol–water partition coefficient (Wildman–Crippen LogP) is 2.00. The van der Waals surface area contributed by atoms with Crippen LogP contribution in [0.1, 0.15) is 17.5 Å². The molecule has 4 nitrogen and oxygen atoms in total. The normalized spacial score (nSPS) is 19.8. The molecule has 1 aliphatic heterocycles. The monoisotopic (exact) mass is 364 g/mol. The second-order valence-electron chi connectivity index (χ2n) is 4.59. The summed E-state index contributed by atoms with van der Waals surface area (Å²) in [6, 6.07) is 3.55. The Morgan fingerprint density at radius 2 is 2.26 bits per heavy atom.